The van der Waals surface area contributed by atoms with Gasteiger partial charge in [0.15, 0.2) is 0 Å². The highest BCUT2D eigenvalue weighted by atomic mass is 32.2. The van der Waals surface area contributed by atoms with E-state index in [9.17, 15) is 17.6 Å². The molecule has 10 heteroatoms. The molecule has 8 nitrogen and oxygen atoms in total. The number of ether oxygens (including phenoxy) is 1. The Hall–Kier alpha value is -2.46. The third kappa shape index (κ3) is 4.90. The molecule has 1 aliphatic carbocycles. The van der Waals surface area contributed by atoms with Crippen LogP contribution in [0.25, 0.3) is 5.69 Å². The minimum Gasteiger partial charge on any atom is -0.483 e. The fraction of sp³-hybridized carbons (Fsp3) is 0.524. The lowest BCUT2D eigenvalue weighted by molar-refractivity contribution is 0.152. The Bertz CT molecular complexity index is 1090. The summed E-state index contributed by atoms with van der Waals surface area (Å²) in [6, 6.07) is 5.71. The number of rotatable bonds is 5. The molecule has 0 bridgehead atoms. The first-order valence-corrected chi connectivity index (χ1v) is 12.4. The second-order valence-electron chi connectivity index (χ2n) is 8.08. The Labute approximate surface area is 181 Å². The summed E-state index contributed by atoms with van der Waals surface area (Å²) in [6.07, 6.45) is 7.71. The topological polar surface area (TPSA) is 84.7 Å². The van der Waals surface area contributed by atoms with Gasteiger partial charge in [0.2, 0.25) is 15.8 Å². The second-order valence-corrected chi connectivity index (χ2v) is 10.1. The van der Waals surface area contributed by atoms with Gasteiger partial charge in [-0.15, -0.1) is 0 Å². The highest BCUT2D eigenvalue weighted by Gasteiger charge is 2.28. The van der Waals surface area contributed by atoms with Crippen molar-refractivity contribution in [1.82, 2.24) is 14.1 Å². The van der Waals surface area contributed by atoms with Crippen LogP contribution in [0.5, 0.6) is 5.75 Å². The first kappa shape index (κ1) is 21.8. The van der Waals surface area contributed by atoms with Crippen molar-refractivity contribution < 1.29 is 17.5 Å². The highest BCUT2D eigenvalue weighted by molar-refractivity contribution is 7.88. The monoisotopic (exact) mass is 450 g/mol. The Balaban J connectivity index is 1.69. The number of benzene rings is 1. The molecule has 0 atom stereocenters. The summed E-state index contributed by atoms with van der Waals surface area (Å²) in [7, 11) is -3.26. The minimum atomic E-state index is -3.26. The van der Waals surface area contributed by atoms with Gasteiger partial charge in [0.25, 0.3) is 0 Å². The Morgan fingerprint density at radius 1 is 1.10 bits per heavy atom. The van der Waals surface area contributed by atoms with Crippen LogP contribution >= 0.6 is 0 Å². The normalized spacial score (nSPS) is 18.8. The number of sulfonamides is 1. The molecule has 0 radical (unpaired) electrons. The molecule has 0 N–H and O–H groups in total. The molecule has 0 spiro atoms. The van der Waals surface area contributed by atoms with E-state index in [0.29, 0.717) is 37.6 Å². The Morgan fingerprint density at radius 3 is 2.45 bits per heavy atom. The highest BCUT2D eigenvalue weighted by Crippen LogP contribution is 2.30. The van der Waals surface area contributed by atoms with Gasteiger partial charge in [-0.1, -0.05) is 12.5 Å². The SMILES string of the molecule is CS(=O)(=O)N1CCN(c2cnn(-c3cccc(F)c3)c(=O)c2OC2CCCCC2)CC1. The molecule has 1 aromatic carbocycles. The van der Waals surface area contributed by atoms with E-state index in [2.05, 4.69) is 5.10 Å². The van der Waals surface area contributed by atoms with E-state index < -0.39 is 21.4 Å². The lowest BCUT2D eigenvalue weighted by Crippen LogP contribution is -2.49. The van der Waals surface area contributed by atoms with Crippen molar-refractivity contribution in [3.8, 4) is 11.4 Å². The fourth-order valence-electron chi connectivity index (χ4n) is 4.17. The quantitative estimate of drug-likeness (QED) is 0.694. The first-order valence-electron chi connectivity index (χ1n) is 10.6. The average Bonchev–Trinajstić information content (AvgIpc) is 2.75. The van der Waals surface area contributed by atoms with Gasteiger partial charge in [0, 0.05) is 26.2 Å². The lowest BCUT2D eigenvalue weighted by Gasteiger charge is -2.35. The Kier molecular flexibility index (Phi) is 6.29. The number of piperazine rings is 1. The number of hydrogen-bond donors (Lipinski definition) is 0. The molecule has 0 amide bonds. The number of aromatic nitrogens is 2. The van der Waals surface area contributed by atoms with Gasteiger partial charge in [-0.05, 0) is 43.9 Å². The van der Waals surface area contributed by atoms with Crippen LogP contribution in [0.1, 0.15) is 32.1 Å². The van der Waals surface area contributed by atoms with E-state index in [1.54, 1.807) is 12.3 Å². The van der Waals surface area contributed by atoms with Gasteiger partial charge < -0.3 is 9.64 Å². The third-order valence-corrected chi connectivity index (χ3v) is 7.16. The summed E-state index contributed by atoms with van der Waals surface area (Å²) < 4.78 is 46.2. The molecule has 1 aromatic heterocycles. The maximum Gasteiger partial charge on any atom is 0.316 e. The lowest BCUT2D eigenvalue weighted by atomic mass is 9.98. The fourth-order valence-corrected chi connectivity index (χ4v) is 4.99. The zero-order chi connectivity index (χ0) is 22.0. The maximum atomic E-state index is 13.7. The van der Waals surface area contributed by atoms with Crippen LogP contribution in [0.3, 0.4) is 0 Å². The molecule has 168 valence electrons. The van der Waals surface area contributed by atoms with E-state index >= 15 is 0 Å². The molecule has 2 aromatic rings. The van der Waals surface area contributed by atoms with E-state index in [0.717, 1.165) is 36.8 Å². The molecule has 2 aliphatic rings. The van der Waals surface area contributed by atoms with Gasteiger partial charge in [0.1, 0.15) is 11.5 Å². The van der Waals surface area contributed by atoms with Gasteiger partial charge in [-0.3, -0.25) is 4.79 Å². The van der Waals surface area contributed by atoms with Crippen molar-refractivity contribution in [3.05, 3.63) is 46.6 Å². The molecule has 0 unspecified atom stereocenters. The molecule has 31 heavy (non-hydrogen) atoms. The number of halogens is 1. The average molecular weight is 451 g/mol. The standard InChI is InChI=1S/C21H27FN4O4S/c1-31(28,29)25-12-10-24(11-13-25)19-15-23-26(17-7-5-6-16(22)14-17)21(27)20(19)30-18-8-3-2-4-9-18/h5-7,14-15,18H,2-4,8-13H2,1H3. The van der Waals surface area contributed by atoms with E-state index in [4.69, 9.17) is 4.74 Å². The van der Waals surface area contributed by atoms with E-state index in [1.165, 1.54) is 28.8 Å². The summed E-state index contributed by atoms with van der Waals surface area (Å²) in [5.41, 5.74) is 0.433. The zero-order valence-electron chi connectivity index (χ0n) is 17.5. The molecule has 2 fully saturated rings. The van der Waals surface area contributed by atoms with Gasteiger partial charge in [0.05, 0.1) is 24.2 Å². The first-order chi connectivity index (χ1) is 14.8. The van der Waals surface area contributed by atoms with Crippen LogP contribution < -0.4 is 15.2 Å². The molecule has 1 saturated heterocycles. The van der Waals surface area contributed by atoms with Crippen molar-refractivity contribution in [2.45, 2.75) is 38.2 Å². The Morgan fingerprint density at radius 2 is 1.81 bits per heavy atom. The molecule has 2 heterocycles. The minimum absolute atomic E-state index is 0.0548. The van der Waals surface area contributed by atoms with E-state index in [1.807, 2.05) is 4.90 Å². The predicted octanol–water partition coefficient (Wildman–Crippen LogP) is 2.16. The van der Waals surface area contributed by atoms with Crippen LogP contribution in [-0.2, 0) is 10.0 Å². The van der Waals surface area contributed by atoms with Crippen LogP contribution in [0.4, 0.5) is 10.1 Å². The molecule has 1 aliphatic heterocycles. The summed E-state index contributed by atoms with van der Waals surface area (Å²) >= 11 is 0. The van der Waals surface area contributed by atoms with Crippen molar-refractivity contribution in [3.63, 3.8) is 0 Å². The smallest absolute Gasteiger partial charge is 0.316 e. The number of nitrogens with zero attached hydrogens (tertiary/aromatic N) is 4. The largest absolute Gasteiger partial charge is 0.483 e. The summed E-state index contributed by atoms with van der Waals surface area (Å²) in [4.78, 5) is 15.3. The third-order valence-electron chi connectivity index (χ3n) is 5.85. The van der Waals surface area contributed by atoms with Gasteiger partial charge >= 0.3 is 5.56 Å². The van der Waals surface area contributed by atoms with E-state index in [-0.39, 0.29) is 11.9 Å². The van der Waals surface area contributed by atoms with Crippen LogP contribution in [0.2, 0.25) is 0 Å². The van der Waals surface area contributed by atoms with Crippen molar-refractivity contribution >= 4 is 15.7 Å². The van der Waals surface area contributed by atoms with Crippen LogP contribution in [0, 0.1) is 5.82 Å². The maximum absolute atomic E-state index is 13.7. The van der Waals surface area contributed by atoms with Crippen LogP contribution in [-0.4, -0.2) is 61.0 Å². The number of anilines is 1. The molecule has 4 rings (SSSR count). The zero-order valence-corrected chi connectivity index (χ0v) is 18.4. The molecular formula is C21H27FN4O4S. The summed E-state index contributed by atoms with van der Waals surface area (Å²) in [5.74, 6) is -0.263. The van der Waals surface area contributed by atoms with Gasteiger partial charge in [-0.25, -0.2) is 12.8 Å². The summed E-state index contributed by atoms with van der Waals surface area (Å²) in [5, 5.41) is 4.27. The van der Waals surface area contributed by atoms with Crippen molar-refractivity contribution in [1.29, 1.82) is 0 Å². The van der Waals surface area contributed by atoms with Gasteiger partial charge in [-0.2, -0.15) is 14.1 Å². The van der Waals surface area contributed by atoms with Crippen molar-refractivity contribution in [2.75, 3.05) is 37.3 Å². The van der Waals surface area contributed by atoms with Crippen LogP contribution in [0.15, 0.2) is 35.3 Å². The predicted molar refractivity (Wildman–Crippen MR) is 116 cm³/mol. The molecule has 1 saturated carbocycles. The second kappa shape index (κ2) is 8.96. The number of hydrogen-bond acceptors (Lipinski definition) is 6. The summed E-state index contributed by atoms with van der Waals surface area (Å²) in [6.45, 7) is 1.52. The van der Waals surface area contributed by atoms with Crippen molar-refractivity contribution in [2.24, 2.45) is 0 Å². The molecular weight excluding hydrogens is 423 g/mol.